The second-order valence-corrected chi connectivity index (χ2v) is 4.98. The molecule has 0 unspecified atom stereocenters. The van der Waals surface area contributed by atoms with Gasteiger partial charge in [-0.2, -0.15) is 5.10 Å². The van der Waals surface area contributed by atoms with Crippen LogP contribution in [0.1, 0.15) is 29.7 Å². The Kier molecular flexibility index (Phi) is 4.86. The highest BCUT2D eigenvalue weighted by Crippen LogP contribution is 2.03. The minimum atomic E-state index is -0.143. The summed E-state index contributed by atoms with van der Waals surface area (Å²) in [6, 6.07) is 1.90. The summed E-state index contributed by atoms with van der Waals surface area (Å²) in [5.74, 6) is -0.0745. The van der Waals surface area contributed by atoms with E-state index in [0.29, 0.717) is 24.9 Å². The van der Waals surface area contributed by atoms with Crippen LogP contribution in [-0.2, 0) is 17.9 Å². The van der Waals surface area contributed by atoms with Crippen molar-refractivity contribution in [1.29, 1.82) is 0 Å². The van der Waals surface area contributed by atoms with E-state index in [4.69, 9.17) is 0 Å². The number of aromatic nitrogens is 4. The third-order valence-electron chi connectivity index (χ3n) is 3.21. The van der Waals surface area contributed by atoms with Gasteiger partial charge in [0, 0.05) is 30.8 Å². The molecule has 0 aromatic carbocycles. The first-order valence-corrected chi connectivity index (χ1v) is 6.85. The molecule has 2 aromatic rings. The number of rotatable bonds is 6. The van der Waals surface area contributed by atoms with E-state index in [1.54, 1.807) is 11.0 Å². The van der Waals surface area contributed by atoms with Crippen LogP contribution in [-0.4, -0.2) is 25.7 Å². The summed E-state index contributed by atoms with van der Waals surface area (Å²) in [4.78, 5) is 30.2. The van der Waals surface area contributed by atoms with Crippen LogP contribution in [0.2, 0.25) is 0 Å². The van der Waals surface area contributed by atoms with Gasteiger partial charge in [-0.3, -0.25) is 14.3 Å². The fourth-order valence-electron chi connectivity index (χ4n) is 2.13. The van der Waals surface area contributed by atoms with Gasteiger partial charge in [-0.15, -0.1) is 0 Å². The van der Waals surface area contributed by atoms with Gasteiger partial charge in [-0.1, -0.05) is 0 Å². The number of H-pyrrole nitrogens is 1. The van der Waals surface area contributed by atoms with Crippen molar-refractivity contribution in [1.82, 2.24) is 25.1 Å². The molecule has 0 saturated heterocycles. The van der Waals surface area contributed by atoms with Crippen LogP contribution in [0.3, 0.4) is 0 Å². The van der Waals surface area contributed by atoms with Crippen molar-refractivity contribution < 1.29 is 4.79 Å². The molecule has 0 fully saturated rings. The highest BCUT2D eigenvalue weighted by Gasteiger charge is 2.07. The van der Waals surface area contributed by atoms with E-state index >= 15 is 0 Å². The van der Waals surface area contributed by atoms with Crippen LogP contribution in [0.5, 0.6) is 0 Å². The molecule has 1 amide bonds. The zero-order valence-electron chi connectivity index (χ0n) is 12.2. The van der Waals surface area contributed by atoms with Gasteiger partial charge < -0.3 is 10.3 Å². The minimum absolute atomic E-state index is 0.0745. The lowest BCUT2D eigenvalue weighted by Gasteiger charge is -2.08. The first-order valence-electron chi connectivity index (χ1n) is 6.85. The van der Waals surface area contributed by atoms with Gasteiger partial charge in [0.05, 0.1) is 0 Å². The average Bonchev–Trinajstić information content (AvgIpc) is 2.90. The quantitative estimate of drug-likeness (QED) is 0.818. The zero-order chi connectivity index (χ0) is 15.2. The number of carbonyl (C=O) groups excluding carboxylic acids is 1. The number of hydrogen-bond acceptors (Lipinski definition) is 4. The molecule has 0 aliphatic heterocycles. The predicted molar refractivity (Wildman–Crippen MR) is 77.6 cm³/mol. The number of nitrogens with zero attached hydrogens (tertiary/aromatic N) is 3. The molecular weight excluding hydrogens is 270 g/mol. The average molecular weight is 289 g/mol. The lowest BCUT2D eigenvalue weighted by Crippen LogP contribution is -2.27. The molecule has 2 aromatic heterocycles. The van der Waals surface area contributed by atoms with Crippen molar-refractivity contribution in [2.45, 2.75) is 39.8 Å². The van der Waals surface area contributed by atoms with E-state index in [-0.39, 0.29) is 18.0 Å². The van der Waals surface area contributed by atoms with E-state index in [0.717, 1.165) is 11.3 Å². The number of aryl methyl sites for hydroxylation is 3. The maximum atomic E-state index is 11.8. The summed E-state index contributed by atoms with van der Waals surface area (Å²) in [6.45, 7) is 4.61. The number of pyridine rings is 1. The van der Waals surface area contributed by atoms with E-state index < -0.39 is 0 Å². The van der Waals surface area contributed by atoms with Gasteiger partial charge in [0.25, 0.3) is 5.56 Å². The number of hydrogen-bond donors (Lipinski definition) is 2. The molecular formula is C14H19N5O2. The molecule has 0 aliphatic carbocycles. The van der Waals surface area contributed by atoms with Gasteiger partial charge in [0.15, 0.2) is 0 Å². The van der Waals surface area contributed by atoms with Gasteiger partial charge in [-0.25, -0.2) is 4.98 Å². The van der Waals surface area contributed by atoms with Crippen LogP contribution in [0.15, 0.2) is 23.5 Å². The lowest BCUT2D eigenvalue weighted by atomic mass is 10.1. The summed E-state index contributed by atoms with van der Waals surface area (Å²) < 4.78 is 1.68. The van der Waals surface area contributed by atoms with E-state index in [2.05, 4.69) is 20.4 Å². The first-order chi connectivity index (χ1) is 10.1. The molecule has 2 N–H and O–H groups in total. The smallest absolute Gasteiger partial charge is 0.253 e. The SMILES string of the molecule is Cc1cc(C)c(CNC(=O)CCCn2cncn2)c(=O)[nH]1. The normalized spacial score (nSPS) is 10.6. The summed E-state index contributed by atoms with van der Waals surface area (Å²) in [6.07, 6.45) is 4.15. The summed E-state index contributed by atoms with van der Waals surface area (Å²) >= 11 is 0. The van der Waals surface area contributed by atoms with Crippen LogP contribution >= 0.6 is 0 Å². The second-order valence-electron chi connectivity index (χ2n) is 4.98. The number of aromatic amines is 1. The van der Waals surface area contributed by atoms with Crippen molar-refractivity contribution >= 4 is 5.91 Å². The zero-order valence-corrected chi connectivity index (χ0v) is 12.2. The Bertz CT molecular complexity index is 660. The third kappa shape index (κ3) is 4.27. The molecule has 2 rings (SSSR count). The molecule has 0 radical (unpaired) electrons. The monoisotopic (exact) mass is 289 g/mol. The Morgan fingerprint density at radius 1 is 1.43 bits per heavy atom. The molecule has 0 saturated carbocycles. The standard InChI is InChI=1S/C14H19N5O2/c1-10-6-11(2)18-14(21)12(10)7-16-13(20)4-3-5-19-9-15-8-17-19/h6,8-9H,3-5,7H2,1-2H3,(H,16,20)(H,18,21). The molecule has 0 atom stereocenters. The Morgan fingerprint density at radius 3 is 2.90 bits per heavy atom. The molecule has 0 bridgehead atoms. The molecule has 0 aliphatic rings. The predicted octanol–water partition coefficient (Wildman–Crippen LogP) is 0.680. The second kappa shape index (κ2) is 6.83. The molecule has 2 heterocycles. The Balaban J connectivity index is 1.80. The van der Waals surface area contributed by atoms with E-state index in [1.165, 1.54) is 6.33 Å². The number of nitrogens with one attached hydrogen (secondary N) is 2. The molecule has 112 valence electrons. The maximum absolute atomic E-state index is 11.8. The van der Waals surface area contributed by atoms with Crippen LogP contribution < -0.4 is 10.9 Å². The topological polar surface area (TPSA) is 92.7 Å². The molecule has 21 heavy (non-hydrogen) atoms. The van der Waals surface area contributed by atoms with Crippen molar-refractivity contribution in [3.8, 4) is 0 Å². The van der Waals surface area contributed by atoms with E-state index in [1.807, 2.05) is 19.9 Å². The molecule has 7 heteroatoms. The van der Waals surface area contributed by atoms with Crippen molar-refractivity contribution in [2.24, 2.45) is 0 Å². The van der Waals surface area contributed by atoms with Crippen molar-refractivity contribution in [2.75, 3.05) is 0 Å². The Labute approximate surface area is 122 Å². The highest BCUT2D eigenvalue weighted by molar-refractivity contribution is 5.75. The fourth-order valence-corrected chi connectivity index (χ4v) is 2.13. The summed E-state index contributed by atoms with van der Waals surface area (Å²) in [5.41, 5.74) is 2.17. The van der Waals surface area contributed by atoms with Crippen LogP contribution in [0.25, 0.3) is 0 Å². The van der Waals surface area contributed by atoms with E-state index in [9.17, 15) is 9.59 Å². The minimum Gasteiger partial charge on any atom is -0.352 e. The largest absolute Gasteiger partial charge is 0.352 e. The Hall–Kier alpha value is -2.44. The van der Waals surface area contributed by atoms with Crippen LogP contribution in [0, 0.1) is 13.8 Å². The lowest BCUT2D eigenvalue weighted by molar-refractivity contribution is -0.121. The summed E-state index contributed by atoms with van der Waals surface area (Å²) in [7, 11) is 0. The van der Waals surface area contributed by atoms with Gasteiger partial charge in [-0.05, 0) is 31.9 Å². The van der Waals surface area contributed by atoms with Crippen molar-refractivity contribution in [3.05, 3.63) is 45.9 Å². The molecule has 7 nitrogen and oxygen atoms in total. The third-order valence-corrected chi connectivity index (χ3v) is 3.21. The maximum Gasteiger partial charge on any atom is 0.253 e. The molecule has 0 spiro atoms. The number of amides is 1. The first kappa shape index (κ1) is 15.0. The summed E-state index contributed by atoms with van der Waals surface area (Å²) in [5, 5.41) is 6.74. The van der Waals surface area contributed by atoms with Crippen molar-refractivity contribution in [3.63, 3.8) is 0 Å². The van der Waals surface area contributed by atoms with Gasteiger partial charge in [0.1, 0.15) is 12.7 Å². The van der Waals surface area contributed by atoms with Crippen LogP contribution in [0.4, 0.5) is 0 Å². The Morgan fingerprint density at radius 2 is 2.24 bits per heavy atom. The highest BCUT2D eigenvalue weighted by atomic mass is 16.1. The van der Waals surface area contributed by atoms with Gasteiger partial charge in [0.2, 0.25) is 5.91 Å². The fraction of sp³-hybridized carbons (Fsp3) is 0.429. The number of carbonyl (C=O) groups is 1. The van der Waals surface area contributed by atoms with Gasteiger partial charge >= 0.3 is 0 Å².